The van der Waals surface area contributed by atoms with Gasteiger partial charge in [0.1, 0.15) is 11.7 Å². The topological polar surface area (TPSA) is 30.9 Å². The summed E-state index contributed by atoms with van der Waals surface area (Å²) < 4.78 is 19.8. The Morgan fingerprint density at radius 3 is 2.64 bits per heavy atom. The maximum absolute atomic E-state index is 7.17. The first-order chi connectivity index (χ1) is 17.5. The van der Waals surface area contributed by atoms with Gasteiger partial charge in [0.05, 0.1) is 12.5 Å². The highest BCUT2D eigenvalue weighted by atomic mass is 16.6. The van der Waals surface area contributed by atoms with Crippen molar-refractivity contribution in [2.45, 2.75) is 68.6 Å². The summed E-state index contributed by atoms with van der Waals surface area (Å²) in [6.45, 7) is 4.88. The molecule has 2 aliphatic heterocycles. The lowest BCUT2D eigenvalue weighted by Crippen LogP contribution is -2.81. The first-order valence-electron chi connectivity index (χ1n) is 13.9. The molecule has 2 heterocycles. The summed E-state index contributed by atoms with van der Waals surface area (Å²) in [7, 11) is 3.69. The third-order valence-corrected chi connectivity index (χ3v) is 11.2. The summed E-state index contributed by atoms with van der Waals surface area (Å²) in [6, 6.07) is 16.0. The molecule has 0 aromatic heterocycles. The molecule has 1 saturated heterocycles. The standard InChI is InChI=1S/C32H37NO3/c1-29(18-21-7-5-4-6-8-21)20-30-13-14-32(29,35-3)28-31(30)15-16-33(19-22-9-10-22)25(30)17-23-11-12-24(34-2)27(36-28)26(23)31/h4-8,11-14,22,25,28H,9-10,15-20H2,1-3H3/t25?,28-,29?,30?,31-,32-/m0/s1. The maximum Gasteiger partial charge on any atom is 0.166 e. The molecule has 0 amide bonds. The number of likely N-dealkylation sites (tertiary alicyclic amines) is 1. The SMILES string of the molecule is COc1ccc2c3c1O[C@@H]1[C@@]4(OC)C=CC5(CC4(C)Cc4ccccc4)C(C2)N(CC2CC2)CC[C@]315. The normalized spacial score (nSPS) is 41.2. The molecule has 9 rings (SSSR count). The van der Waals surface area contributed by atoms with Crippen LogP contribution in [0.15, 0.2) is 54.6 Å². The van der Waals surface area contributed by atoms with Gasteiger partial charge in [-0.3, -0.25) is 4.90 Å². The van der Waals surface area contributed by atoms with Crippen LogP contribution in [0.4, 0.5) is 0 Å². The van der Waals surface area contributed by atoms with Gasteiger partial charge in [-0.1, -0.05) is 55.5 Å². The minimum absolute atomic E-state index is 0.0409. The Morgan fingerprint density at radius 2 is 1.89 bits per heavy atom. The summed E-state index contributed by atoms with van der Waals surface area (Å²) in [4.78, 5) is 2.88. The fourth-order valence-corrected chi connectivity index (χ4v) is 9.70. The summed E-state index contributed by atoms with van der Waals surface area (Å²) in [5, 5.41) is 0. The largest absolute Gasteiger partial charge is 0.493 e. The Labute approximate surface area is 214 Å². The van der Waals surface area contributed by atoms with Gasteiger partial charge in [-0.2, -0.15) is 0 Å². The second-order valence-electron chi connectivity index (χ2n) is 12.8. The molecule has 5 aliphatic carbocycles. The van der Waals surface area contributed by atoms with Crippen molar-refractivity contribution in [3.05, 3.63) is 71.3 Å². The van der Waals surface area contributed by atoms with E-state index in [-0.39, 0.29) is 22.3 Å². The third kappa shape index (κ3) is 2.35. The Bertz CT molecular complexity index is 1270. The molecule has 7 aliphatic rings. The van der Waals surface area contributed by atoms with Gasteiger partial charge in [0.2, 0.25) is 0 Å². The molecular weight excluding hydrogens is 446 g/mol. The predicted octanol–water partition coefficient (Wildman–Crippen LogP) is 5.33. The Morgan fingerprint density at radius 1 is 1.06 bits per heavy atom. The summed E-state index contributed by atoms with van der Waals surface area (Å²) in [5.41, 5.74) is 3.71. The third-order valence-electron chi connectivity index (χ3n) is 11.2. The minimum Gasteiger partial charge on any atom is -0.493 e. The van der Waals surface area contributed by atoms with Crippen LogP contribution in [0.2, 0.25) is 0 Å². The predicted molar refractivity (Wildman–Crippen MR) is 140 cm³/mol. The number of piperidine rings is 1. The van der Waals surface area contributed by atoms with Gasteiger partial charge in [0.25, 0.3) is 0 Å². The van der Waals surface area contributed by atoms with Crippen LogP contribution >= 0.6 is 0 Å². The number of ether oxygens (including phenoxy) is 3. The van der Waals surface area contributed by atoms with Crippen LogP contribution in [0.5, 0.6) is 11.5 Å². The highest BCUT2D eigenvalue weighted by Gasteiger charge is 2.81. The van der Waals surface area contributed by atoms with E-state index in [1.54, 1.807) is 7.11 Å². The molecule has 0 radical (unpaired) electrons. The number of hydrogen-bond donors (Lipinski definition) is 0. The van der Waals surface area contributed by atoms with E-state index in [0.29, 0.717) is 6.04 Å². The van der Waals surface area contributed by atoms with Crippen LogP contribution in [-0.4, -0.2) is 50.0 Å². The number of hydrogen-bond acceptors (Lipinski definition) is 4. The molecule has 4 nitrogen and oxygen atoms in total. The molecular formula is C32H37NO3. The molecule has 2 saturated carbocycles. The first kappa shape index (κ1) is 21.8. The monoisotopic (exact) mass is 483 g/mol. The van der Waals surface area contributed by atoms with E-state index in [9.17, 15) is 0 Å². The van der Waals surface area contributed by atoms with Crippen molar-refractivity contribution in [1.29, 1.82) is 0 Å². The highest BCUT2D eigenvalue weighted by Crippen LogP contribution is 2.77. The van der Waals surface area contributed by atoms with E-state index in [0.717, 1.165) is 49.6 Å². The number of fused-ring (bicyclic) bond motifs is 1. The van der Waals surface area contributed by atoms with Crippen molar-refractivity contribution in [2.24, 2.45) is 16.7 Å². The van der Waals surface area contributed by atoms with Crippen molar-refractivity contribution < 1.29 is 14.2 Å². The molecule has 2 aromatic carbocycles. The van der Waals surface area contributed by atoms with Gasteiger partial charge in [-0.15, -0.1) is 0 Å². The lowest BCUT2D eigenvalue weighted by atomic mass is 9.34. The molecule has 2 spiro atoms. The van der Waals surface area contributed by atoms with Crippen LogP contribution < -0.4 is 9.47 Å². The summed E-state index contributed by atoms with van der Waals surface area (Å²) in [5.74, 6) is 2.76. The fraction of sp³-hybridized carbons (Fsp3) is 0.562. The quantitative estimate of drug-likeness (QED) is 0.520. The van der Waals surface area contributed by atoms with Crippen LogP contribution in [-0.2, 0) is 23.0 Å². The highest BCUT2D eigenvalue weighted by molar-refractivity contribution is 5.65. The molecule has 188 valence electrons. The lowest BCUT2D eigenvalue weighted by molar-refractivity contribution is -0.246. The van der Waals surface area contributed by atoms with Crippen LogP contribution in [0.1, 0.15) is 49.3 Å². The van der Waals surface area contributed by atoms with Gasteiger partial charge in [0.15, 0.2) is 11.5 Å². The molecule has 6 atom stereocenters. The van der Waals surface area contributed by atoms with Crippen molar-refractivity contribution in [3.63, 3.8) is 0 Å². The maximum atomic E-state index is 7.17. The van der Waals surface area contributed by atoms with Crippen molar-refractivity contribution in [1.82, 2.24) is 4.90 Å². The van der Waals surface area contributed by atoms with Crippen LogP contribution in [0.3, 0.4) is 0 Å². The zero-order valence-electron chi connectivity index (χ0n) is 21.8. The molecule has 4 bridgehead atoms. The van der Waals surface area contributed by atoms with E-state index >= 15 is 0 Å². The van der Waals surface area contributed by atoms with Crippen LogP contribution in [0, 0.1) is 16.7 Å². The number of benzene rings is 2. The molecule has 4 heteroatoms. The van der Waals surface area contributed by atoms with E-state index in [1.807, 2.05) is 7.11 Å². The van der Waals surface area contributed by atoms with Crippen LogP contribution in [0.25, 0.3) is 0 Å². The van der Waals surface area contributed by atoms with Crippen molar-refractivity contribution in [2.75, 3.05) is 27.3 Å². The zero-order chi connectivity index (χ0) is 24.3. The molecule has 3 fully saturated rings. The fourth-order valence-electron chi connectivity index (χ4n) is 9.70. The molecule has 3 unspecified atom stereocenters. The number of methoxy groups -OCH3 is 2. The average molecular weight is 484 g/mol. The van der Waals surface area contributed by atoms with Gasteiger partial charge in [-0.25, -0.2) is 0 Å². The Balaban J connectivity index is 1.37. The van der Waals surface area contributed by atoms with Gasteiger partial charge < -0.3 is 14.2 Å². The zero-order valence-corrected chi connectivity index (χ0v) is 21.8. The van der Waals surface area contributed by atoms with E-state index in [2.05, 4.69) is 66.4 Å². The number of rotatable bonds is 6. The summed E-state index contributed by atoms with van der Waals surface area (Å²) >= 11 is 0. The summed E-state index contributed by atoms with van der Waals surface area (Å²) in [6.07, 6.45) is 12.2. The number of nitrogens with zero attached hydrogens (tertiary/aromatic N) is 1. The van der Waals surface area contributed by atoms with Crippen molar-refractivity contribution >= 4 is 0 Å². The lowest BCUT2D eigenvalue weighted by Gasteiger charge is -2.74. The Hall–Kier alpha value is -2.30. The van der Waals surface area contributed by atoms with Crippen molar-refractivity contribution in [3.8, 4) is 11.5 Å². The molecule has 36 heavy (non-hydrogen) atoms. The smallest absolute Gasteiger partial charge is 0.166 e. The average Bonchev–Trinajstić information content (AvgIpc) is 3.63. The molecule has 0 N–H and O–H groups in total. The van der Waals surface area contributed by atoms with Gasteiger partial charge in [-0.05, 0) is 68.2 Å². The Kier molecular flexibility index (Phi) is 4.21. The van der Waals surface area contributed by atoms with Gasteiger partial charge in [0, 0.05) is 36.1 Å². The van der Waals surface area contributed by atoms with E-state index < -0.39 is 5.60 Å². The molecule has 2 aromatic rings. The minimum atomic E-state index is -0.494. The second-order valence-corrected chi connectivity index (χ2v) is 12.8. The van der Waals surface area contributed by atoms with E-state index in [1.165, 1.54) is 36.1 Å². The second kappa shape index (κ2) is 6.96. The first-order valence-corrected chi connectivity index (χ1v) is 13.9. The van der Waals surface area contributed by atoms with Gasteiger partial charge >= 0.3 is 0 Å². The van der Waals surface area contributed by atoms with E-state index in [4.69, 9.17) is 14.2 Å².